The van der Waals surface area contributed by atoms with Gasteiger partial charge >= 0.3 is 12.0 Å². The molecule has 0 radical (unpaired) electrons. The zero-order chi connectivity index (χ0) is 15.4. The second-order valence-corrected chi connectivity index (χ2v) is 5.71. The molecule has 0 saturated heterocycles. The third-order valence-corrected chi connectivity index (χ3v) is 4.25. The first-order valence-corrected chi connectivity index (χ1v) is 7.41. The molecule has 0 bridgehead atoms. The van der Waals surface area contributed by atoms with Gasteiger partial charge in [-0.15, -0.1) is 0 Å². The highest BCUT2D eigenvalue weighted by atomic mass is 35.5. The van der Waals surface area contributed by atoms with Gasteiger partial charge in [0.2, 0.25) is 0 Å². The first-order valence-electron chi connectivity index (χ1n) is 7.03. The molecule has 1 aromatic rings. The fourth-order valence-corrected chi connectivity index (χ4v) is 2.83. The SMILES string of the molecule is Cc1c(Cl)cccc1NC(=O)N(CC(=O)O)C1CCCC1. The van der Waals surface area contributed by atoms with Crippen LogP contribution in [0, 0.1) is 6.92 Å². The summed E-state index contributed by atoms with van der Waals surface area (Å²) in [7, 11) is 0. The molecule has 2 amide bonds. The summed E-state index contributed by atoms with van der Waals surface area (Å²) in [6, 6.07) is 4.88. The Bertz CT molecular complexity index is 542. The Kier molecular flexibility index (Phi) is 5.07. The molecule has 2 rings (SSSR count). The van der Waals surface area contributed by atoms with Gasteiger partial charge in [0.05, 0.1) is 0 Å². The van der Waals surface area contributed by atoms with Crippen LogP contribution in [0.15, 0.2) is 18.2 Å². The van der Waals surface area contributed by atoms with Crippen molar-refractivity contribution in [3.8, 4) is 0 Å². The van der Waals surface area contributed by atoms with E-state index in [-0.39, 0.29) is 18.6 Å². The van der Waals surface area contributed by atoms with E-state index in [0.29, 0.717) is 10.7 Å². The molecule has 0 aliphatic heterocycles. The van der Waals surface area contributed by atoms with Gasteiger partial charge < -0.3 is 15.3 Å². The van der Waals surface area contributed by atoms with E-state index in [1.54, 1.807) is 18.2 Å². The molecular weight excluding hydrogens is 292 g/mol. The number of carbonyl (C=O) groups is 2. The number of urea groups is 1. The Hall–Kier alpha value is -1.75. The van der Waals surface area contributed by atoms with E-state index in [0.717, 1.165) is 31.2 Å². The van der Waals surface area contributed by atoms with Crippen LogP contribution in [0.2, 0.25) is 5.02 Å². The number of nitrogens with zero attached hydrogens (tertiary/aromatic N) is 1. The summed E-state index contributed by atoms with van der Waals surface area (Å²) in [4.78, 5) is 24.8. The fourth-order valence-electron chi connectivity index (χ4n) is 2.66. The number of halogens is 1. The van der Waals surface area contributed by atoms with Crippen molar-refractivity contribution in [2.24, 2.45) is 0 Å². The number of carboxylic acid groups (broad SMARTS) is 1. The van der Waals surface area contributed by atoms with E-state index in [4.69, 9.17) is 16.7 Å². The van der Waals surface area contributed by atoms with Crippen molar-refractivity contribution in [3.63, 3.8) is 0 Å². The van der Waals surface area contributed by atoms with Crippen molar-refractivity contribution in [3.05, 3.63) is 28.8 Å². The maximum Gasteiger partial charge on any atom is 0.323 e. The number of carbonyl (C=O) groups excluding carboxylic acids is 1. The predicted octanol–water partition coefficient (Wildman–Crippen LogP) is 3.51. The van der Waals surface area contributed by atoms with Crippen LogP contribution in [0.3, 0.4) is 0 Å². The summed E-state index contributed by atoms with van der Waals surface area (Å²) in [6.07, 6.45) is 3.78. The van der Waals surface area contributed by atoms with E-state index in [9.17, 15) is 9.59 Å². The van der Waals surface area contributed by atoms with Crippen molar-refractivity contribution in [2.75, 3.05) is 11.9 Å². The monoisotopic (exact) mass is 310 g/mol. The van der Waals surface area contributed by atoms with Crippen LogP contribution in [0.4, 0.5) is 10.5 Å². The average Bonchev–Trinajstić information content (AvgIpc) is 2.94. The zero-order valence-corrected chi connectivity index (χ0v) is 12.7. The number of carboxylic acids is 1. The molecule has 6 heteroatoms. The first kappa shape index (κ1) is 15.6. The average molecular weight is 311 g/mol. The molecule has 1 aliphatic carbocycles. The Labute approximate surface area is 128 Å². The molecule has 1 fully saturated rings. The number of rotatable bonds is 4. The number of aliphatic carboxylic acids is 1. The Morgan fingerprint density at radius 1 is 1.38 bits per heavy atom. The second kappa shape index (κ2) is 6.80. The molecule has 21 heavy (non-hydrogen) atoms. The second-order valence-electron chi connectivity index (χ2n) is 5.30. The summed E-state index contributed by atoms with van der Waals surface area (Å²) in [5.74, 6) is -1.00. The molecule has 2 N–H and O–H groups in total. The van der Waals surface area contributed by atoms with Crippen LogP contribution >= 0.6 is 11.6 Å². The summed E-state index contributed by atoms with van der Waals surface area (Å²) >= 11 is 6.03. The number of amides is 2. The van der Waals surface area contributed by atoms with Gasteiger partial charge in [-0.05, 0) is 37.5 Å². The number of anilines is 1. The molecule has 1 aromatic carbocycles. The van der Waals surface area contributed by atoms with Gasteiger partial charge in [0.15, 0.2) is 0 Å². The number of nitrogens with one attached hydrogen (secondary N) is 1. The lowest BCUT2D eigenvalue weighted by atomic mass is 10.2. The van der Waals surface area contributed by atoms with Gasteiger partial charge in [-0.25, -0.2) is 4.79 Å². The maximum atomic E-state index is 12.4. The van der Waals surface area contributed by atoms with Crippen LogP contribution < -0.4 is 5.32 Å². The maximum absolute atomic E-state index is 12.4. The van der Waals surface area contributed by atoms with Crippen molar-refractivity contribution in [1.29, 1.82) is 0 Å². The van der Waals surface area contributed by atoms with E-state index in [1.165, 1.54) is 4.90 Å². The molecule has 114 valence electrons. The van der Waals surface area contributed by atoms with Crippen molar-refractivity contribution in [1.82, 2.24) is 4.90 Å². The molecule has 0 atom stereocenters. The molecular formula is C15H19ClN2O3. The Balaban J connectivity index is 2.14. The topological polar surface area (TPSA) is 69.6 Å². The van der Waals surface area contributed by atoms with Crippen molar-refractivity contribution >= 4 is 29.3 Å². The van der Waals surface area contributed by atoms with E-state index < -0.39 is 5.97 Å². The third kappa shape index (κ3) is 3.88. The summed E-state index contributed by atoms with van der Waals surface area (Å²) in [5, 5.41) is 12.4. The summed E-state index contributed by atoms with van der Waals surface area (Å²) in [5.41, 5.74) is 1.38. The smallest absolute Gasteiger partial charge is 0.323 e. The number of hydrogen-bond acceptors (Lipinski definition) is 2. The summed E-state index contributed by atoms with van der Waals surface area (Å²) in [6.45, 7) is 1.53. The van der Waals surface area contributed by atoms with E-state index in [1.807, 2.05) is 6.92 Å². The number of benzene rings is 1. The number of hydrogen-bond donors (Lipinski definition) is 2. The molecule has 0 heterocycles. The molecule has 5 nitrogen and oxygen atoms in total. The highest BCUT2D eigenvalue weighted by Gasteiger charge is 2.28. The fraction of sp³-hybridized carbons (Fsp3) is 0.467. The van der Waals surface area contributed by atoms with Crippen LogP contribution in [0.25, 0.3) is 0 Å². The highest BCUT2D eigenvalue weighted by molar-refractivity contribution is 6.31. The predicted molar refractivity (Wildman–Crippen MR) is 81.8 cm³/mol. The lowest BCUT2D eigenvalue weighted by molar-refractivity contribution is -0.138. The van der Waals surface area contributed by atoms with Gasteiger partial charge in [-0.3, -0.25) is 4.79 Å². The molecule has 0 unspecified atom stereocenters. The van der Waals surface area contributed by atoms with Gasteiger partial charge in [-0.1, -0.05) is 30.5 Å². The Morgan fingerprint density at radius 3 is 2.67 bits per heavy atom. The minimum Gasteiger partial charge on any atom is -0.480 e. The van der Waals surface area contributed by atoms with E-state index in [2.05, 4.69) is 5.32 Å². The normalized spacial score (nSPS) is 15.0. The molecule has 0 aromatic heterocycles. The van der Waals surface area contributed by atoms with Crippen LogP contribution in [0.5, 0.6) is 0 Å². The highest BCUT2D eigenvalue weighted by Crippen LogP contribution is 2.26. The lowest BCUT2D eigenvalue weighted by Gasteiger charge is -2.27. The first-order chi connectivity index (χ1) is 9.99. The largest absolute Gasteiger partial charge is 0.480 e. The van der Waals surface area contributed by atoms with Gasteiger partial charge in [0, 0.05) is 16.8 Å². The van der Waals surface area contributed by atoms with Gasteiger partial charge in [-0.2, -0.15) is 0 Å². The quantitative estimate of drug-likeness (QED) is 0.894. The molecule has 1 saturated carbocycles. The van der Waals surface area contributed by atoms with Crippen LogP contribution in [0.1, 0.15) is 31.2 Å². The minimum absolute atomic E-state index is 0.000547. The molecule has 0 spiro atoms. The molecule has 1 aliphatic rings. The zero-order valence-electron chi connectivity index (χ0n) is 11.9. The van der Waals surface area contributed by atoms with Crippen molar-refractivity contribution in [2.45, 2.75) is 38.6 Å². The standard InChI is InChI=1S/C15H19ClN2O3/c1-10-12(16)7-4-8-13(10)17-15(21)18(9-14(19)20)11-5-2-3-6-11/h4,7-8,11H,2-3,5-6,9H2,1H3,(H,17,21)(H,19,20). The third-order valence-electron chi connectivity index (χ3n) is 3.84. The van der Waals surface area contributed by atoms with Crippen LogP contribution in [-0.4, -0.2) is 34.6 Å². The van der Waals surface area contributed by atoms with E-state index >= 15 is 0 Å². The lowest BCUT2D eigenvalue weighted by Crippen LogP contribution is -2.44. The van der Waals surface area contributed by atoms with Crippen LogP contribution in [-0.2, 0) is 4.79 Å². The van der Waals surface area contributed by atoms with Gasteiger partial charge in [0.1, 0.15) is 6.54 Å². The summed E-state index contributed by atoms with van der Waals surface area (Å²) < 4.78 is 0. The van der Waals surface area contributed by atoms with Crippen molar-refractivity contribution < 1.29 is 14.7 Å². The van der Waals surface area contributed by atoms with Gasteiger partial charge in [0.25, 0.3) is 0 Å². The Morgan fingerprint density at radius 2 is 2.05 bits per heavy atom. The minimum atomic E-state index is -1.00.